The van der Waals surface area contributed by atoms with Gasteiger partial charge in [-0.25, -0.2) is 8.42 Å². The molecule has 0 aromatic carbocycles. The number of aromatic amines is 1. The molecule has 1 aromatic rings. The van der Waals surface area contributed by atoms with Crippen molar-refractivity contribution < 1.29 is 26.4 Å². The highest BCUT2D eigenvalue weighted by molar-refractivity contribution is 7.88. The maximum Gasteiger partial charge on any atom is 0.416 e. The van der Waals surface area contributed by atoms with Gasteiger partial charge in [-0.2, -0.15) is 22.6 Å². The van der Waals surface area contributed by atoms with Crippen LogP contribution >= 0.6 is 0 Å². The summed E-state index contributed by atoms with van der Waals surface area (Å²) in [5.41, 5.74) is 1.13. The van der Waals surface area contributed by atoms with Crippen molar-refractivity contribution in [2.24, 2.45) is 17.8 Å². The van der Waals surface area contributed by atoms with Crippen LogP contribution in [0.25, 0.3) is 0 Å². The number of fused-ring (bicyclic) bond motifs is 2. The molecule has 2 fully saturated rings. The zero-order valence-corrected chi connectivity index (χ0v) is 20.0. The minimum atomic E-state index is -4.46. The second-order valence-corrected chi connectivity index (χ2v) is 11.4. The fourth-order valence-corrected chi connectivity index (χ4v) is 6.24. The fourth-order valence-electron chi connectivity index (χ4n) is 5.45. The molecule has 4 rings (SSSR count). The summed E-state index contributed by atoms with van der Waals surface area (Å²) in [5.74, 6) is -0.223. The molecule has 186 valence electrons. The Hall–Kier alpha value is -2.40. The molecule has 34 heavy (non-hydrogen) atoms. The van der Waals surface area contributed by atoms with Gasteiger partial charge in [-0.3, -0.25) is 9.89 Å². The summed E-state index contributed by atoms with van der Waals surface area (Å²) in [6.07, 6.45) is 2.25. The molecular weight excluding hydrogens is 469 g/mol. The minimum Gasteiger partial charge on any atom is -0.337 e. The molecule has 3 heterocycles. The average Bonchev–Trinajstić information content (AvgIpc) is 3.44. The number of hydrogen-bond acceptors (Lipinski definition) is 4. The third-order valence-corrected chi connectivity index (χ3v) is 8.46. The van der Waals surface area contributed by atoms with Gasteiger partial charge in [0.25, 0.3) is 5.91 Å². The van der Waals surface area contributed by atoms with Gasteiger partial charge in [0.2, 0.25) is 10.0 Å². The van der Waals surface area contributed by atoms with Crippen molar-refractivity contribution in [3.63, 3.8) is 0 Å². The predicted octanol–water partition coefficient (Wildman–Crippen LogP) is 3.45. The van der Waals surface area contributed by atoms with E-state index in [4.69, 9.17) is 0 Å². The number of halogens is 3. The summed E-state index contributed by atoms with van der Waals surface area (Å²) in [7, 11) is -3.33. The summed E-state index contributed by atoms with van der Waals surface area (Å²) in [5, 5.41) is 7.00. The Kier molecular flexibility index (Phi) is 6.54. The Morgan fingerprint density at radius 1 is 1.24 bits per heavy atom. The van der Waals surface area contributed by atoms with Crippen LogP contribution in [0.2, 0.25) is 0 Å². The lowest BCUT2D eigenvalue weighted by molar-refractivity contribution is -0.0900. The van der Waals surface area contributed by atoms with Crippen LogP contribution in [0.3, 0.4) is 0 Å². The van der Waals surface area contributed by atoms with Crippen LogP contribution in [0.1, 0.15) is 41.5 Å². The van der Waals surface area contributed by atoms with Crippen molar-refractivity contribution >= 4 is 15.9 Å². The number of carbonyl (C=O) groups is 1. The highest BCUT2D eigenvalue weighted by Gasteiger charge is 2.46. The molecule has 2 aliphatic heterocycles. The van der Waals surface area contributed by atoms with Gasteiger partial charge in [0.05, 0.1) is 24.1 Å². The summed E-state index contributed by atoms with van der Waals surface area (Å²) in [6, 6.07) is 0. The number of rotatable bonds is 5. The van der Waals surface area contributed by atoms with Gasteiger partial charge >= 0.3 is 6.18 Å². The molecule has 3 atom stereocenters. The Morgan fingerprint density at radius 2 is 1.88 bits per heavy atom. The molecule has 0 bridgehead atoms. The van der Waals surface area contributed by atoms with Crippen molar-refractivity contribution in [2.45, 2.75) is 38.9 Å². The standard InChI is InChI=1S/C23H29F3N4O3S/c1-4-5-6-19(23(24,25)26)14(2)15-9-16-11-29(12-17(16)10-15)22(31)21-18-7-8-30(34(3,32)33)13-20(18)27-28-21/h4-6,15-17H,2,7-13H2,1,3H3,(H,27,28)/b5-4-,19-6+/t15-,16-,17+. The summed E-state index contributed by atoms with van der Waals surface area (Å²) in [6.45, 7) is 6.86. The number of H-pyrrole nitrogens is 1. The number of aromatic nitrogens is 2. The van der Waals surface area contributed by atoms with Crippen LogP contribution < -0.4 is 0 Å². The third kappa shape index (κ3) is 4.72. The first-order valence-electron chi connectivity index (χ1n) is 11.3. The third-order valence-electron chi connectivity index (χ3n) is 7.21. The SMILES string of the molecule is C=C(/C(=C\C=C/C)C(F)(F)F)[C@@H]1C[C@@H]2CN(C(=O)c3n[nH]c4c3CCN(S(C)(=O)=O)C4)C[C@@H]2C1. The minimum absolute atomic E-state index is 0.120. The van der Waals surface area contributed by atoms with E-state index in [0.29, 0.717) is 50.3 Å². The van der Waals surface area contributed by atoms with Crippen molar-refractivity contribution in [1.82, 2.24) is 19.4 Å². The van der Waals surface area contributed by atoms with Gasteiger partial charge in [0.15, 0.2) is 5.69 Å². The van der Waals surface area contributed by atoms with Crippen LogP contribution in [-0.4, -0.2) is 65.8 Å². The van der Waals surface area contributed by atoms with E-state index in [9.17, 15) is 26.4 Å². The van der Waals surface area contributed by atoms with Gasteiger partial charge in [-0.1, -0.05) is 24.8 Å². The summed E-state index contributed by atoms with van der Waals surface area (Å²) in [4.78, 5) is 14.9. The van der Waals surface area contributed by atoms with E-state index >= 15 is 0 Å². The van der Waals surface area contributed by atoms with E-state index in [-0.39, 0.29) is 35.8 Å². The maximum absolute atomic E-state index is 13.5. The second kappa shape index (κ2) is 8.99. The topological polar surface area (TPSA) is 86.4 Å². The van der Waals surface area contributed by atoms with Gasteiger partial charge < -0.3 is 4.90 Å². The van der Waals surface area contributed by atoms with Crippen molar-refractivity contribution in [1.29, 1.82) is 0 Å². The lowest BCUT2D eigenvalue weighted by Crippen LogP contribution is -2.36. The van der Waals surface area contributed by atoms with Crippen molar-refractivity contribution in [2.75, 3.05) is 25.9 Å². The van der Waals surface area contributed by atoms with Crippen LogP contribution in [0.4, 0.5) is 13.2 Å². The summed E-state index contributed by atoms with van der Waals surface area (Å²) >= 11 is 0. The first kappa shape index (κ1) is 24.7. The number of carbonyl (C=O) groups excluding carboxylic acids is 1. The van der Waals surface area contributed by atoms with E-state index in [0.717, 1.165) is 17.9 Å². The van der Waals surface area contributed by atoms with E-state index < -0.39 is 21.8 Å². The van der Waals surface area contributed by atoms with E-state index in [1.165, 1.54) is 10.4 Å². The zero-order chi connectivity index (χ0) is 24.8. The molecule has 1 saturated carbocycles. The van der Waals surface area contributed by atoms with Crippen molar-refractivity contribution in [3.05, 3.63) is 52.9 Å². The largest absolute Gasteiger partial charge is 0.416 e. The first-order valence-corrected chi connectivity index (χ1v) is 13.1. The van der Waals surface area contributed by atoms with Crippen molar-refractivity contribution in [3.8, 4) is 0 Å². The lowest BCUT2D eigenvalue weighted by Gasteiger charge is -2.25. The van der Waals surface area contributed by atoms with Gasteiger partial charge in [-0.15, -0.1) is 0 Å². The van der Waals surface area contributed by atoms with Gasteiger partial charge in [0, 0.05) is 25.2 Å². The van der Waals surface area contributed by atoms with Gasteiger partial charge in [-0.05, 0) is 49.5 Å². The number of amides is 1. The normalized spacial score (nSPS) is 26.2. The molecule has 0 radical (unpaired) electrons. The number of allylic oxidation sites excluding steroid dienone is 5. The zero-order valence-electron chi connectivity index (χ0n) is 19.2. The number of nitrogens with one attached hydrogen (secondary N) is 1. The number of hydrogen-bond donors (Lipinski definition) is 1. The Bertz CT molecular complexity index is 1140. The number of nitrogens with zero attached hydrogens (tertiary/aromatic N) is 3. The monoisotopic (exact) mass is 498 g/mol. The molecular formula is C23H29F3N4O3S. The number of sulfonamides is 1. The molecule has 3 aliphatic rings. The number of alkyl halides is 3. The molecule has 0 unspecified atom stereocenters. The highest BCUT2D eigenvalue weighted by Crippen LogP contribution is 2.47. The van der Waals surface area contributed by atoms with Crippen LogP contribution in [0.5, 0.6) is 0 Å². The number of likely N-dealkylation sites (tertiary alicyclic amines) is 1. The predicted molar refractivity (Wildman–Crippen MR) is 121 cm³/mol. The molecule has 1 aliphatic carbocycles. The Balaban J connectivity index is 1.42. The van der Waals surface area contributed by atoms with E-state index in [1.54, 1.807) is 17.9 Å². The highest BCUT2D eigenvalue weighted by atomic mass is 32.2. The van der Waals surface area contributed by atoms with E-state index in [1.807, 2.05) is 0 Å². The molecule has 0 spiro atoms. The molecule has 7 nitrogen and oxygen atoms in total. The quantitative estimate of drug-likeness (QED) is 0.630. The Morgan fingerprint density at radius 3 is 2.44 bits per heavy atom. The smallest absolute Gasteiger partial charge is 0.337 e. The fraction of sp³-hybridized carbons (Fsp3) is 0.565. The molecule has 1 amide bonds. The molecule has 1 N–H and O–H groups in total. The summed E-state index contributed by atoms with van der Waals surface area (Å²) < 4.78 is 65.6. The van der Waals surface area contributed by atoms with E-state index in [2.05, 4.69) is 16.8 Å². The molecule has 11 heteroatoms. The second-order valence-electron chi connectivity index (χ2n) is 9.40. The maximum atomic E-state index is 13.5. The first-order chi connectivity index (χ1) is 15.9. The average molecular weight is 499 g/mol. The molecule has 1 aromatic heterocycles. The van der Waals surface area contributed by atoms with Crippen LogP contribution in [-0.2, 0) is 23.0 Å². The van der Waals surface area contributed by atoms with Crippen LogP contribution in [0, 0.1) is 17.8 Å². The molecule has 1 saturated heterocycles. The lowest BCUT2D eigenvalue weighted by atomic mass is 9.90. The van der Waals surface area contributed by atoms with Gasteiger partial charge in [0.1, 0.15) is 0 Å². The Labute approximate surface area is 197 Å². The van der Waals surface area contributed by atoms with Crippen LogP contribution in [0.15, 0.2) is 36.0 Å².